The Hall–Kier alpha value is -3.68. The van der Waals surface area contributed by atoms with Crippen LogP contribution in [-0.2, 0) is 4.79 Å². The third kappa shape index (κ3) is 5.32. The molecule has 0 bridgehead atoms. The minimum absolute atomic E-state index is 0.0421. The van der Waals surface area contributed by atoms with Crippen LogP contribution in [0, 0.1) is 6.92 Å². The predicted octanol–water partition coefficient (Wildman–Crippen LogP) is 3.47. The highest BCUT2D eigenvalue weighted by molar-refractivity contribution is 5.92. The van der Waals surface area contributed by atoms with Crippen molar-refractivity contribution < 1.29 is 14.3 Å². The molecule has 0 spiro atoms. The Morgan fingerprint density at radius 2 is 1.84 bits per heavy atom. The van der Waals surface area contributed by atoms with E-state index in [4.69, 9.17) is 4.74 Å². The van der Waals surface area contributed by atoms with Crippen LogP contribution < -0.4 is 10.1 Å². The number of anilines is 1. The fraction of sp³-hybridized carbons (Fsp3) is 0.333. The van der Waals surface area contributed by atoms with Gasteiger partial charge in [0.1, 0.15) is 17.3 Å². The number of ether oxygens (including phenoxy) is 1. The standard InChI is InChI=1S/C24H27N5O3/c1-18-6-5-9-21(26-18)24(31)28-15-11-19(12-16-28)29-22(10-14-25-29)27-23(30)13-17-32-20-7-3-2-4-8-20/h2-10,14,19H,11-13,15-17H2,1H3,(H,27,30). The summed E-state index contributed by atoms with van der Waals surface area (Å²) >= 11 is 0. The average molecular weight is 434 g/mol. The zero-order chi connectivity index (χ0) is 22.3. The van der Waals surface area contributed by atoms with Crippen LogP contribution in [0.25, 0.3) is 0 Å². The fourth-order valence-electron chi connectivity index (χ4n) is 3.83. The molecule has 4 rings (SSSR count). The number of hydrogen-bond donors (Lipinski definition) is 1. The Bertz CT molecular complexity index is 1060. The highest BCUT2D eigenvalue weighted by atomic mass is 16.5. The molecule has 3 aromatic rings. The number of aryl methyl sites for hydroxylation is 1. The van der Waals surface area contributed by atoms with E-state index in [-0.39, 0.29) is 24.3 Å². The van der Waals surface area contributed by atoms with Crippen molar-refractivity contribution in [2.75, 3.05) is 25.0 Å². The Kier molecular flexibility index (Phi) is 6.79. The topological polar surface area (TPSA) is 89.4 Å². The molecule has 1 aromatic carbocycles. The molecule has 8 nitrogen and oxygen atoms in total. The van der Waals surface area contributed by atoms with Crippen molar-refractivity contribution in [3.63, 3.8) is 0 Å². The lowest BCUT2D eigenvalue weighted by molar-refractivity contribution is -0.116. The van der Waals surface area contributed by atoms with Crippen molar-refractivity contribution in [1.82, 2.24) is 19.7 Å². The van der Waals surface area contributed by atoms with Crippen LogP contribution in [0.5, 0.6) is 5.75 Å². The van der Waals surface area contributed by atoms with Crippen molar-refractivity contribution in [3.8, 4) is 5.75 Å². The Morgan fingerprint density at radius 1 is 1.06 bits per heavy atom. The lowest BCUT2D eigenvalue weighted by Gasteiger charge is -2.32. The van der Waals surface area contributed by atoms with E-state index >= 15 is 0 Å². The molecular formula is C24H27N5O3. The van der Waals surface area contributed by atoms with Crippen LogP contribution in [0.3, 0.4) is 0 Å². The number of likely N-dealkylation sites (tertiary alicyclic amines) is 1. The molecule has 0 saturated carbocycles. The second kappa shape index (κ2) is 10.1. The number of rotatable bonds is 7. The highest BCUT2D eigenvalue weighted by Gasteiger charge is 2.27. The zero-order valence-corrected chi connectivity index (χ0v) is 18.1. The smallest absolute Gasteiger partial charge is 0.272 e. The molecular weight excluding hydrogens is 406 g/mol. The molecule has 166 valence electrons. The maximum atomic E-state index is 12.7. The number of nitrogens with zero attached hydrogens (tertiary/aromatic N) is 4. The summed E-state index contributed by atoms with van der Waals surface area (Å²) in [5, 5.41) is 7.35. The second-order valence-corrected chi connectivity index (χ2v) is 7.81. The number of hydrogen-bond acceptors (Lipinski definition) is 5. The van der Waals surface area contributed by atoms with Gasteiger partial charge in [-0.15, -0.1) is 0 Å². The number of benzene rings is 1. The monoisotopic (exact) mass is 433 g/mol. The molecule has 1 N–H and O–H groups in total. The summed E-state index contributed by atoms with van der Waals surface area (Å²) in [5.41, 5.74) is 1.31. The normalized spacial score (nSPS) is 14.2. The van der Waals surface area contributed by atoms with E-state index in [9.17, 15) is 9.59 Å². The molecule has 0 unspecified atom stereocenters. The summed E-state index contributed by atoms with van der Waals surface area (Å²) in [6.07, 6.45) is 3.46. The van der Waals surface area contributed by atoms with Crippen LogP contribution in [-0.4, -0.2) is 51.2 Å². The number of nitrogens with one attached hydrogen (secondary N) is 1. The van der Waals surface area contributed by atoms with Gasteiger partial charge in [0, 0.05) is 24.8 Å². The van der Waals surface area contributed by atoms with Crippen molar-refractivity contribution in [2.24, 2.45) is 0 Å². The quantitative estimate of drug-likeness (QED) is 0.616. The molecule has 1 aliphatic heterocycles. The van der Waals surface area contributed by atoms with Crippen LogP contribution >= 0.6 is 0 Å². The third-order valence-corrected chi connectivity index (χ3v) is 5.48. The number of piperidine rings is 1. The van der Waals surface area contributed by atoms with Gasteiger partial charge >= 0.3 is 0 Å². The first-order valence-corrected chi connectivity index (χ1v) is 10.8. The summed E-state index contributed by atoms with van der Waals surface area (Å²) in [5.74, 6) is 1.24. The Morgan fingerprint density at radius 3 is 2.59 bits per heavy atom. The molecule has 0 aliphatic carbocycles. The summed E-state index contributed by atoms with van der Waals surface area (Å²) in [4.78, 5) is 31.3. The first-order chi connectivity index (χ1) is 15.6. The molecule has 0 radical (unpaired) electrons. The summed E-state index contributed by atoms with van der Waals surface area (Å²) < 4.78 is 7.44. The lowest BCUT2D eigenvalue weighted by Crippen LogP contribution is -2.39. The van der Waals surface area contributed by atoms with E-state index < -0.39 is 0 Å². The fourth-order valence-corrected chi connectivity index (χ4v) is 3.83. The van der Waals surface area contributed by atoms with Gasteiger partial charge in [0.2, 0.25) is 5.91 Å². The van der Waals surface area contributed by atoms with Gasteiger partial charge < -0.3 is 15.0 Å². The van der Waals surface area contributed by atoms with Gasteiger partial charge in [0.25, 0.3) is 5.91 Å². The maximum Gasteiger partial charge on any atom is 0.272 e. The molecule has 32 heavy (non-hydrogen) atoms. The van der Waals surface area contributed by atoms with Gasteiger partial charge in [-0.2, -0.15) is 5.10 Å². The van der Waals surface area contributed by atoms with Crippen LogP contribution in [0.4, 0.5) is 5.82 Å². The highest BCUT2D eigenvalue weighted by Crippen LogP contribution is 2.26. The molecule has 1 aliphatic rings. The Labute approximate surface area is 187 Å². The van der Waals surface area contributed by atoms with E-state index in [1.165, 1.54) is 0 Å². The van der Waals surface area contributed by atoms with Crippen molar-refractivity contribution in [2.45, 2.75) is 32.2 Å². The zero-order valence-electron chi connectivity index (χ0n) is 18.1. The summed E-state index contributed by atoms with van der Waals surface area (Å²) in [6, 6.07) is 16.8. The number of aromatic nitrogens is 3. The molecule has 2 aromatic heterocycles. The molecule has 2 amide bonds. The minimum Gasteiger partial charge on any atom is -0.493 e. The van der Waals surface area contributed by atoms with Crippen LogP contribution in [0.1, 0.15) is 41.5 Å². The molecule has 3 heterocycles. The third-order valence-electron chi connectivity index (χ3n) is 5.48. The van der Waals surface area contributed by atoms with E-state index in [0.717, 1.165) is 24.3 Å². The SMILES string of the molecule is Cc1cccc(C(=O)N2CCC(n3nccc3NC(=O)CCOc3ccccc3)CC2)n1. The van der Waals surface area contributed by atoms with Gasteiger partial charge in [-0.25, -0.2) is 9.67 Å². The van der Waals surface area contributed by atoms with Gasteiger partial charge in [0.05, 0.1) is 25.3 Å². The van der Waals surface area contributed by atoms with Crippen LogP contribution in [0.15, 0.2) is 60.8 Å². The number of carbonyl (C=O) groups excluding carboxylic acids is 2. The number of carbonyl (C=O) groups is 2. The first kappa shape index (κ1) is 21.5. The summed E-state index contributed by atoms with van der Waals surface area (Å²) in [7, 11) is 0. The van der Waals surface area contributed by atoms with Gasteiger partial charge in [0.15, 0.2) is 0 Å². The van der Waals surface area contributed by atoms with Crippen molar-refractivity contribution >= 4 is 17.6 Å². The van der Waals surface area contributed by atoms with Crippen LogP contribution in [0.2, 0.25) is 0 Å². The van der Waals surface area contributed by atoms with Gasteiger partial charge in [-0.3, -0.25) is 9.59 Å². The van der Waals surface area contributed by atoms with E-state index in [0.29, 0.717) is 31.2 Å². The summed E-state index contributed by atoms with van der Waals surface area (Å²) in [6.45, 7) is 3.43. The van der Waals surface area contributed by atoms with Gasteiger partial charge in [-0.1, -0.05) is 24.3 Å². The lowest BCUT2D eigenvalue weighted by atomic mass is 10.0. The van der Waals surface area contributed by atoms with Crippen molar-refractivity contribution in [1.29, 1.82) is 0 Å². The number of amides is 2. The molecule has 8 heteroatoms. The van der Waals surface area contributed by atoms with E-state index in [1.807, 2.05) is 59.0 Å². The number of para-hydroxylation sites is 1. The largest absolute Gasteiger partial charge is 0.493 e. The number of pyridine rings is 1. The average Bonchev–Trinajstić information content (AvgIpc) is 3.27. The molecule has 1 saturated heterocycles. The Balaban J connectivity index is 1.28. The van der Waals surface area contributed by atoms with E-state index in [1.54, 1.807) is 18.3 Å². The predicted molar refractivity (Wildman–Crippen MR) is 121 cm³/mol. The molecule has 1 fully saturated rings. The molecule has 0 atom stereocenters. The van der Waals surface area contributed by atoms with Gasteiger partial charge in [-0.05, 0) is 44.0 Å². The minimum atomic E-state index is -0.124. The maximum absolute atomic E-state index is 12.7. The second-order valence-electron chi connectivity index (χ2n) is 7.81. The van der Waals surface area contributed by atoms with E-state index in [2.05, 4.69) is 15.4 Å². The first-order valence-electron chi connectivity index (χ1n) is 10.8. The van der Waals surface area contributed by atoms with Crippen molar-refractivity contribution in [3.05, 3.63) is 72.2 Å².